The fraction of sp³-hybridized carbons (Fsp3) is 0.0556. The summed E-state index contributed by atoms with van der Waals surface area (Å²) in [5.41, 5.74) is 1.36. The highest BCUT2D eigenvalue weighted by Crippen LogP contribution is 2.38. The van der Waals surface area contributed by atoms with E-state index in [1.807, 2.05) is 36.4 Å². The fourth-order valence-corrected chi connectivity index (χ4v) is 4.64. The van der Waals surface area contributed by atoms with Gasteiger partial charge in [-0.2, -0.15) is 13.2 Å². The summed E-state index contributed by atoms with van der Waals surface area (Å²) in [5, 5.41) is 1.01. The van der Waals surface area contributed by atoms with Crippen LogP contribution in [0, 0.1) is 0 Å². The van der Waals surface area contributed by atoms with Crippen LogP contribution in [0.25, 0.3) is 21.6 Å². The third kappa shape index (κ3) is 3.99. The van der Waals surface area contributed by atoms with Crippen LogP contribution < -0.4 is 0 Å². The molecule has 3 aromatic heterocycles. The maximum atomic E-state index is 12.7. The molecule has 0 fully saturated rings. The molecule has 0 N–H and O–H groups in total. The van der Waals surface area contributed by atoms with E-state index in [9.17, 15) is 13.2 Å². The Bertz CT molecular complexity index is 1110. The van der Waals surface area contributed by atoms with Crippen molar-refractivity contribution in [2.24, 2.45) is 0 Å². The Labute approximate surface area is 168 Å². The second-order valence-corrected chi connectivity index (χ2v) is 8.93. The summed E-state index contributed by atoms with van der Waals surface area (Å²) in [6.45, 7) is 0. The van der Waals surface area contributed by atoms with E-state index in [-0.39, 0.29) is 0 Å². The predicted octanol–water partition coefficient (Wildman–Crippen LogP) is 6.69. The summed E-state index contributed by atoms with van der Waals surface area (Å²) in [6.07, 6.45) is -3.58. The van der Waals surface area contributed by atoms with Gasteiger partial charge in [0.05, 0.1) is 25.3 Å². The van der Waals surface area contributed by atoms with Gasteiger partial charge in [0.2, 0.25) is 0 Å². The average molecular weight is 468 g/mol. The molecule has 27 heavy (non-hydrogen) atoms. The topological polar surface area (TPSA) is 38.7 Å². The summed E-state index contributed by atoms with van der Waals surface area (Å²) >= 11 is 6.15. The fourth-order valence-electron chi connectivity index (χ4n) is 2.36. The molecule has 0 radical (unpaired) electrons. The van der Waals surface area contributed by atoms with Gasteiger partial charge in [-0.3, -0.25) is 0 Å². The lowest BCUT2D eigenvalue weighted by Gasteiger charge is -2.09. The normalized spacial score (nSPS) is 11.9. The van der Waals surface area contributed by atoms with Crippen molar-refractivity contribution in [3.8, 4) is 10.6 Å². The highest BCUT2D eigenvalue weighted by molar-refractivity contribution is 9.11. The number of alkyl halides is 3. The van der Waals surface area contributed by atoms with E-state index in [4.69, 9.17) is 4.98 Å². The molecular weight excluding hydrogens is 459 g/mol. The number of para-hydroxylation sites is 2. The van der Waals surface area contributed by atoms with E-state index in [1.165, 1.54) is 29.2 Å². The summed E-state index contributed by atoms with van der Waals surface area (Å²) < 4.78 is 39.2. The molecule has 1 aromatic carbocycles. The highest BCUT2D eigenvalue weighted by Gasteiger charge is 2.30. The second kappa shape index (κ2) is 7.21. The number of halogens is 4. The minimum atomic E-state index is -4.41. The Morgan fingerprint density at radius 3 is 2.26 bits per heavy atom. The molecule has 0 atom stereocenters. The van der Waals surface area contributed by atoms with E-state index >= 15 is 0 Å². The Morgan fingerprint density at radius 2 is 1.67 bits per heavy atom. The van der Waals surface area contributed by atoms with E-state index in [2.05, 4.69) is 25.9 Å². The molecule has 9 heteroatoms. The molecule has 0 aliphatic heterocycles. The standard InChI is InChI=1S/C18H9BrF3N3S2/c19-14-7-6-13(26-14)16-17(25-12-4-2-1-3-11(12)24-16)27-15-8-5-10(9-23-15)18(20,21)22/h1-9H. The Morgan fingerprint density at radius 1 is 0.926 bits per heavy atom. The summed E-state index contributed by atoms with van der Waals surface area (Å²) in [5.74, 6) is 0. The first-order valence-electron chi connectivity index (χ1n) is 7.64. The lowest BCUT2D eigenvalue weighted by atomic mass is 10.3. The number of nitrogens with zero attached hydrogens (tertiary/aromatic N) is 3. The molecule has 136 valence electrons. The van der Waals surface area contributed by atoms with Gasteiger partial charge in [-0.15, -0.1) is 11.3 Å². The predicted molar refractivity (Wildman–Crippen MR) is 104 cm³/mol. The Kier molecular flexibility index (Phi) is 4.92. The zero-order valence-electron chi connectivity index (χ0n) is 13.4. The summed E-state index contributed by atoms with van der Waals surface area (Å²) in [7, 11) is 0. The molecule has 0 unspecified atom stereocenters. The van der Waals surface area contributed by atoms with Gasteiger partial charge >= 0.3 is 6.18 Å². The lowest BCUT2D eigenvalue weighted by molar-refractivity contribution is -0.137. The van der Waals surface area contributed by atoms with Gasteiger partial charge in [-0.1, -0.05) is 12.1 Å². The van der Waals surface area contributed by atoms with E-state index in [0.29, 0.717) is 21.3 Å². The van der Waals surface area contributed by atoms with Gasteiger partial charge < -0.3 is 0 Å². The molecule has 0 saturated heterocycles. The number of rotatable bonds is 3. The number of hydrogen-bond acceptors (Lipinski definition) is 5. The van der Waals surface area contributed by atoms with Crippen molar-refractivity contribution in [3.63, 3.8) is 0 Å². The smallest absolute Gasteiger partial charge is 0.249 e. The first kappa shape index (κ1) is 18.4. The van der Waals surface area contributed by atoms with Crippen LogP contribution in [0.3, 0.4) is 0 Å². The molecule has 4 rings (SSSR count). The Balaban J connectivity index is 1.77. The van der Waals surface area contributed by atoms with Crippen LogP contribution in [0.15, 0.2) is 68.6 Å². The van der Waals surface area contributed by atoms with Crippen LogP contribution in [0.2, 0.25) is 0 Å². The molecule has 3 nitrogen and oxygen atoms in total. The third-order valence-corrected chi connectivity index (χ3v) is 6.17. The van der Waals surface area contributed by atoms with Gasteiger partial charge in [-0.05, 0) is 64.1 Å². The monoisotopic (exact) mass is 467 g/mol. The maximum Gasteiger partial charge on any atom is 0.417 e. The molecule has 0 aliphatic rings. The molecule has 0 saturated carbocycles. The molecule has 4 aromatic rings. The average Bonchev–Trinajstić information content (AvgIpc) is 3.07. The summed E-state index contributed by atoms with van der Waals surface area (Å²) in [4.78, 5) is 14.2. The van der Waals surface area contributed by atoms with E-state index < -0.39 is 11.7 Å². The number of benzene rings is 1. The van der Waals surface area contributed by atoms with Gasteiger partial charge in [0.25, 0.3) is 0 Å². The molecule has 0 spiro atoms. The van der Waals surface area contributed by atoms with Crippen molar-refractivity contribution < 1.29 is 13.2 Å². The number of thiophene rings is 1. The number of hydrogen-bond donors (Lipinski definition) is 0. The zero-order valence-corrected chi connectivity index (χ0v) is 16.6. The Hall–Kier alpha value is -1.97. The molecule has 3 heterocycles. The third-order valence-electron chi connectivity index (χ3n) is 3.61. The van der Waals surface area contributed by atoms with Crippen LogP contribution in [0.1, 0.15) is 5.56 Å². The van der Waals surface area contributed by atoms with Crippen LogP contribution in [-0.4, -0.2) is 15.0 Å². The second-order valence-electron chi connectivity index (χ2n) is 5.45. The van der Waals surface area contributed by atoms with Crippen molar-refractivity contribution in [2.75, 3.05) is 0 Å². The van der Waals surface area contributed by atoms with Gasteiger partial charge in [0.1, 0.15) is 15.7 Å². The maximum absolute atomic E-state index is 12.7. The van der Waals surface area contributed by atoms with E-state index in [0.717, 1.165) is 26.4 Å². The van der Waals surface area contributed by atoms with Crippen LogP contribution in [0.4, 0.5) is 13.2 Å². The van der Waals surface area contributed by atoms with Crippen LogP contribution >= 0.6 is 39.0 Å². The number of pyridine rings is 1. The molecule has 0 aliphatic carbocycles. The van der Waals surface area contributed by atoms with E-state index in [1.54, 1.807) is 0 Å². The van der Waals surface area contributed by atoms with Crippen LogP contribution in [-0.2, 0) is 6.18 Å². The molecule has 0 amide bonds. The number of aromatic nitrogens is 3. The quantitative estimate of drug-likeness (QED) is 0.336. The SMILES string of the molecule is FC(F)(F)c1ccc(Sc2nc3ccccc3nc2-c2ccc(Br)s2)nc1. The zero-order chi connectivity index (χ0) is 19.0. The van der Waals surface area contributed by atoms with Crippen molar-refractivity contribution in [2.45, 2.75) is 16.2 Å². The minimum Gasteiger partial charge on any atom is -0.249 e. The largest absolute Gasteiger partial charge is 0.417 e. The van der Waals surface area contributed by atoms with Gasteiger partial charge in [0, 0.05) is 6.20 Å². The molecular formula is C18H9BrF3N3S2. The van der Waals surface area contributed by atoms with Crippen molar-refractivity contribution in [3.05, 3.63) is 64.1 Å². The van der Waals surface area contributed by atoms with Crippen LogP contribution in [0.5, 0.6) is 0 Å². The van der Waals surface area contributed by atoms with Crippen molar-refractivity contribution in [1.29, 1.82) is 0 Å². The van der Waals surface area contributed by atoms with Crippen molar-refractivity contribution in [1.82, 2.24) is 15.0 Å². The number of fused-ring (bicyclic) bond motifs is 1. The van der Waals surface area contributed by atoms with Gasteiger partial charge in [-0.25, -0.2) is 15.0 Å². The minimum absolute atomic E-state index is 0.421. The first-order chi connectivity index (χ1) is 12.9. The summed E-state index contributed by atoms with van der Waals surface area (Å²) in [6, 6.07) is 13.7. The molecule has 0 bridgehead atoms. The van der Waals surface area contributed by atoms with Crippen molar-refractivity contribution >= 4 is 50.1 Å². The lowest BCUT2D eigenvalue weighted by Crippen LogP contribution is -2.05. The highest BCUT2D eigenvalue weighted by atomic mass is 79.9. The van der Waals surface area contributed by atoms with Gasteiger partial charge in [0.15, 0.2) is 0 Å². The first-order valence-corrected chi connectivity index (χ1v) is 10.1.